The predicted octanol–water partition coefficient (Wildman–Crippen LogP) is 2.93. The molecule has 200 valence electrons. The molecule has 10 nitrogen and oxygen atoms in total. The quantitative estimate of drug-likeness (QED) is 0.482. The summed E-state index contributed by atoms with van der Waals surface area (Å²) >= 11 is 0. The second-order valence-corrected chi connectivity index (χ2v) is 9.99. The van der Waals surface area contributed by atoms with Crippen LogP contribution in [0.15, 0.2) is 24.3 Å². The maximum atomic E-state index is 13.2. The Bertz CT molecular complexity index is 896. The summed E-state index contributed by atoms with van der Waals surface area (Å²) in [4.78, 5) is 50.5. The molecule has 1 aromatic rings. The first-order chi connectivity index (χ1) is 17.0. The maximum absolute atomic E-state index is 13.2. The highest BCUT2D eigenvalue weighted by molar-refractivity contribution is 5.92. The Hall–Kier alpha value is -3.30. The van der Waals surface area contributed by atoms with Gasteiger partial charge in [-0.2, -0.15) is 0 Å². The Morgan fingerprint density at radius 1 is 1.11 bits per heavy atom. The topological polar surface area (TPSA) is 143 Å². The van der Waals surface area contributed by atoms with Crippen molar-refractivity contribution in [2.45, 2.75) is 96.4 Å². The van der Waals surface area contributed by atoms with Gasteiger partial charge in [-0.3, -0.25) is 9.59 Å². The minimum atomic E-state index is -1.17. The van der Waals surface area contributed by atoms with Crippen LogP contribution in [0, 0.1) is 0 Å². The number of rotatable bonds is 5. The van der Waals surface area contributed by atoms with Crippen LogP contribution in [0.3, 0.4) is 0 Å². The fourth-order valence-electron chi connectivity index (χ4n) is 3.74. The summed E-state index contributed by atoms with van der Waals surface area (Å²) in [7, 11) is 0. The molecule has 3 amide bonds. The normalized spacial score (nSPS) is 21.9. The van der Waals surface area contributed by atoms with Crippen molar-refractivity contribution in [2.24, 2.45) is 0 Å². The van der Waals surface area contributed by atoms with Gasteiger partial charge in [-0.05, 0) is 64.2 Å². The highest BCUT2D eigenvalue weighted by Crippen LogP contribution is 2.16. The molecule has 0 unspecified atom stereocenters. The second-order valence-electron chi connectivity index (χ2n) is 9.99. The third-order valence-electron chi connectivity index (χ3n) is 5.62. The molecule has 0 spiro atoms. The molecule has 0 fully saturated rings. The standard InChI is InChI=1S/C26H39N3O7/c1-5-6-9-19-22(30)28-21(24(32)33)16-17-11-13-18(14-12-17)35-15-8-7-10-20(23(31)27-19)29-25(34)36-26(2,3)4/h11-14,19-21H,5-10,15-16H2,1-4H3,(H,27,31)(H,28,30)(H,29,34)(H,32,33)/t19-,20+,21+/m1/s1. The highest BCUT2D eigenvalue weighted by atomic mass is 16.6. The number of benzene rings is 1. The molecule has 3 atom stereocenters. The molecule has 0 radical (unpaired) electrons. The minimum absolute atomic E-state index is 0.0820. The van der Waals surface area contributed by atoms with Crippen molar-refractivity contribution in [1.29, 1.82) is 0 Å². The fourth-order valence-corrected chi connectivity index (χ4v) is 3.74. The van der Waals surface area contributed by atoms with E-state index in [1.165, 1.54) is 0 Å². The van der Waals surface area contributed by atoms with Gasteiger partial charge in [0.2, 0.25) is 11.8 Å². The van der Waals surface area contributed by atoms with E-state index in [0.717, 1.165) is 12.0 Å². The molecule has 2 heterocycles. The van der Waals surface area contributed by atoms with E-state index in [4.69, 9.17) is 9.47 Å². The molecule has 0 aromatic heterocycles. The lowest BCUT2D eigenvalue weighted by molar-refractivity contribution is -0.142. The van der Waals surface area contributed by atoms with Crippen LogP contribution >= 0.6 is 0 Å². The van der Waals surface area contributed by atoms with Gasteiger partial charge in [0.1, 0.15) is 29.5 Å². The number of fused-ring (bicyclic) bond motifs is 14. The summed E-state index contributed by atoms with van der Waals surface area (Å²) in [6.07, 6.45) is 2.66. The summed E-state index contributed by atoms with van der Waals surface area (Å²) in [6, 6.07) is 4.02. The largest absolute Gasteiger partial charge is 0.494 e. The van der Waals surface area contributed by atoms with Gasteiger partial charge in [-0.1, -0.05) is 31.9 Å². The fraction of sp³-hybridized carbons (Fsp3) is 0.615. The number of unbranched alkanes of at least 4 members (excludes halogenated alkanes) is 1. The number of nitrogens with one attached hydrogen (secondary N) is 3. The average Bonchev–Trinajstić information content (AvgIpc) is 2.79. The van der Waals surface area contributed by atoms with Crippen molar-refractivity contribution in [3.63, 3.8) is 0 Å². The smallest absolute Gasteiger partial charge is 0.408 e. The summed E-state index contributed by atoms with van der Waals surface area (Å²) < 4.78 is 11.1. The van der Waals surface area contributed by atoms with Gasteiger partial charge in [0, 0.05) is 6.42 Å². The van der Waals surface area contributed by atoms with Gasteiger partial charge < -0.3 is 30.5 Å². The second kappa shape index (κ2) is 13.7. The van der Waals surface area contributed by atoms with Crippen molar-refractivity contribution in [2.75, 3.05) is 6.61 Å². The van der Waals surface area contributed by atoms with Crippen LogP contribution in [0.4, 0.5) is 4.79 Å². The number of hydrogen-bond acceptors (Lipinski definition) is 6. The number of carbonyl (C=O) groups excluding carboxylic acids is 3. The molecule has 0 aliphatic carbocycles. The summed E-state index contributed by atoms with van der Waals surface area (Å²) in [6.45, 7) is 7.54. The van der Waals surface area contributed by atoms with Gasteiger partial charge in [0.25, 0.3) is 0 Å². The van der Waals surface area contributed by atoms with E-state index < -0.39 is 47.6 Å². The van der Waals surface area contributed by atoms with E-state index in [2.05, 4.69) is 16.0 Å². The number of ether oxygens (including phenoxy) is 2. The van der Waals surface area contributed by atoms with E-state index in [1.54, 1.807) is 45.0 Å². The van der Waals surface area contributed by atoms with Crippen LogP contribution < -0.4 is 20.7 Å². The van der Waals surface area contributed by atoms with Crippen LogP contribution in [0.2, 0.25) is 0 Å². The summed E-state index contributed by atoms with van der Waals surface area (Å²) in [5, 5.41) is 17.6. The average molecular weight is 506 g/mol. The Balaban J connectivity index is 2.28. The lowest BCUT2D eigenvalue weighted by Crippen LogP contribution is -2.56. The SMILES string of the molecule is CCCC[C@H]1NC(=O)[C@@H](NC(=O)OC(C)(C)C)CCCCOc2ccc(cc2)C[C@@H](C(=O)O)NC1=O. The minimum Gasteiger partial charge on any atom is -0.494 e. The van der Waals surface area contributed by atoms with Crippen molar-refractivity contribution < 1.29 is 33.8 Å². The van der Waals surface area contributed by atoms with Crippen LogP contribution in [0.1, 0.15) is 71.8 Å². The zero-order valence-electron chi connectivity index (χ0n) is 21.6. The Morgan fingerprint density at radius 3 is 2.42 bits per heavy atom. The number of amides is 3. The molecule has 4 N–H and O–H groups in total. The molecule has 0 saturated carbocycles. The Morgan fingerprint density at radius 2 is 1.81 bits per heavy atom. The number of aliphatic carboxylic acids is 1. The van der Waals surface area contributed by atoms with Crippen LogP contribution in [-0.2, 0) is 25.5 Å². The molecule has 2 aliphatic rings. The first-order valence-corrected chi connectivity index (χ1v) is 12.5. The van der Waals surface area contributed by atoms with Gasteiger partial charge in [-0.15, -0.1) is 0 Å². The van der Waals surface area contributed by atoms with Crippen molar-refractivity contribution in [3.8, 4) is 5.75 Å². The molecular formula is C26H39N3O7. The summed E-state index contributed by atoms with van der Waals surface area (Å²) in [5.74, 6) is -1.64. The molecule has 10 heteroatoms. The zero-order chi connectivity index (χ0) is 26.7. The molecule has 0 saturated heterocycles. The maximum Gasteiger partial charge on any atom is 0.408 e. The van der Waals surface area contributed by atoms with Crippen molar-refractivity contribution in [1.82, 2.24) is 16.0 Å². The molecule has 1 aromatic carbocycles. The van der Waals surface area contributed by atoms with Crippen molar-refractivity contribution in [3.05, 3.63) is 29.8 Å². The Kier molecular flexibility index (Phi) is 11.0. The van der Waals surface area contributed by atoms with Gasteiger partial charge in [-0.25, -0.2) is 9.59 Å². The Labute approximate surface area is 212 Å². The van der Waals surface area contributed by atoms with Gasteiger partial charge in [0.15, 0.2) is 0 Å². The summed E-state index contributed by atoms with van der Waals surface area (Å²) in [5.41, 5.74) is -0.00845. The van der Waals surface area contributed by atoms with Crippen LogP contribution in [-0.4, -0.2) is 59.3 Å². The zero-order valence-corrected chi connectivity index (χ0v) is 21.6. The van der Waals surface area contributed by atoms with E-state index in [1.807, 2.05) is 6.92 Å². The van der Waals surface area contributed by atoms with E-state index >= 15 is 0 Å². The lowest BCUT2D eigenvalue weighted by atomic mass is 10.0. The first-order valence-electron chi connectivity index (χ1n) is 12.5. The van der Waals surface area contributed by atoms with Gasteiger partial charge >= 0.3 is 12.1 Å². The monoisotopic (exact) mass is 505 g/mol. The number of carboxylic acid groups (broad SMARTS) is 1. The molecule has 3 rings (SSSR count). The number of carbonyl (C=O) groups is 4. The first kappa shape index (κ1) is 28.9. The highest BCUT2D eigenvalue weighted by Gasteiger charge is 2.30. The van der Waals surface area contributed by atoms with Crippen LogP contribution in [0.5, 0.6) is 5.75 Å². The van der Waals surface area contributed by atoms with Crippen LogP contribution in [0.25, 0.3) is 0 Å². The molecule has 2 bridgehead atoms. The van der Waals surface area contributed by atoms with E-state index in [0.29, 0.717) is 44.5 Å². The molecule has 36 heavy (non-hydrogen) atoms. The molecular weight excluding hydrogens is 466 g/mol. The van der Waals surface area contributed by atoms with Gasteiger partial charge in [0.05, 0.1) is 6.61 Å². The number of alkyl carbamates (subject to hydrolysis) is 1. The predicted molar refractivity (Wildman–Crippen MR) is 134 cm³/mol. The number of carboxylic acids is 1. The number of hydrogen-bond donors (Lipinski definition) is 4. The lowest BCUT2D eigenvalue weighted by Gasteiger charge is -2.26. The van der Waals surface area contributed by atoms with E-state index in [-0.39, 0.29) is 6.42 Å². The molecule has 2 aliphatic heterocycles. The van der Waals surface area contributed by atoms with E-state index in [9.17, 15) is 24.3 Å². The van der Waals surface area contributed by atoms with Crippen molar-refractivity contribution >= 4 is 23.9 Å². The third kappa shape index (κ3) is 10.1. The third-order valence-corrected chi connectivity index (χ3v) is 5.62.